The van der Waals surface area contributed by atoms with Crippen molar-refractivity contribution in [3.8, 4) is 11.8 Å². The summed E-state index contributed by atoms with van der Waals surface area (Å²) in [6, 6.07) is 10.5. The van der Waals surface area contributed by atoms with Crippen molar-refractivity contribution in [2.45, 2.75) is 6.92 Å². The van der Waals surface area contributed by atoms with Gasteiger partial charge in [-0.2, -0.15) is 0 Å². The number of carbonyl (C=O) groups is 1. The van der Waals surface area contributed by atoms with E-state index in [0.717, 1.165) is 5.69 Å². The average molecular weight is 266 g/mol. The summed E-state index contributed by atoms with van der Waals surface area (Å²) in [6.45, 7) is 2.10. The summed E-state index contributed by atoms with van der Waals surface area (Å²) in [6.07, 6.45) is 0. The summed E-state index contributed by atoms with van der Waals surface area (Å²) in [7, 11) is 0. The van der Waals surface area contributed by atoms with Crippen LogP contribution in [0.2, 0.25) is 0 Å². The largest absolute Gasteiger partial charge is 0.320 e. The molecular formula is C15H14N4O. The van der Waals surface area contributed by atoms with Crippen molar-refractivity contribution in [1.29, 1.82) is 0 Å². The van der Waals surface area contributed by atoms with Crippen molar-refractivity contribution in [2.75, 3.05) is 11.9 Å². The number of hydrogen-bond acceptors (Lipinski definition) is 4. The first kappa shape index (κ1) is 13.7. The van der Waals surface area contributed by atoms with Crippen LogP contribution in [-0.4, -0.2) is 22.4 Å². The Morgan fingerprint density at radius 1 is 1.25 bits per heavy atom. The zero-order valence-corrected chi connectivity index (χ0v) is 11.1. The van der Waals surface area contributed by atoms with Gasteiger partial charge in [0, 0.05) is 5.69 Å². The lowest BCUT2D eigenvalue weighted by Gasteiger charge is -2.04. The molecule has 0 aromatic carbocycles. The lowest BCUT2D eigenvalue weighted by atomic mass is 10.3. The molecule has 0 atom stereocenters. The van der Waals surface area contributed by atoms with Crippen LogP contribution in [0.4, 0.5) is 5.82 Å². The molecule has 0 bridgehead atoms. The van der Waals surface area contributed by atoms with E-state index in [2.05, 4.69) is 27.1 Å². The number of pyridine rings is 2. The van der Waals surface area contributed by atoms with E-state index < -0.39 is 0 Å². The number of nitrogens with one attached hydrogen (secondary N) is 1. The normalized spacial score (nSPS) is 9.50. The highest BCUT2D eigenvalue weighted by Gasteiger charge is 2.08. The molecule has 2 heterocycles. The molecule has 3 N–H and O–H groups in total. The summed E-state index contributed by atoms with van der Waals surface area (Å²) in [4.78, 5) is 20.4. The first-order valence-electron chi connectivity index (χ1n) is 6.10. The minimum atomic E-state index is -0.301. The van der Waals surface area contributed by atoms with Crippen molar-refractivity contribution in [3.63, 3.8) is 0 Å². The van der Waals surface area contributed by atoms with Crippen LogP contribution in [-0.2, 0) is 0 Å². The average Bonchev–Trinajstić information content (AvgIpc) is 2.45. The molecule has 2 rings (SSSR count). The third kappa shape index (κ3) is 3.64. The van der Waals surface area contributed by atoms with E-state index in [1.54, 1.807) is 30.3 Å². The van der Waals surface area contributed by atoms with Gasteiger partial charge in [-0.05, 0) is 37.1 Å². The Balaban J connectivity index is 2.15. The predicted molar refractivity (Wildman–Crippen MR) is 77.1 cm³/mol. The molecule has 0 spiro atoms. The number of nitrogens with two attached hydrogens (primary N) is 1. The quantitative estimate of drug-likeness (QED) is 0.804. The van der Waals surface area contributed by atoms with Crippen molar-refractivity contribution in [3.05, 3.63) is 53.5 Å². The highest BCUT2D eigenvalue weighted by Crippen LogP contribution is 2.07. The maximum absolute atomic E-state index is 12.0. The molecule has 0 aliphatic carbocycles. The van der Waals surface area contributed by atoms with Gasteiger partial charge in [0.05, 0.1) is 6.54 Å². The second-order valence-electron chi connectivity index (χ2n) is 4.03. The molecule has 0 radical (unpaired) electrons. The Morgan fingerprint density at radius 2 is 2.05 bits per heavy atom. The summed E-state index contributed by atoms with van der Waals surface area (Å²) in [5.74, 6) is 5.66. The number of amides is 1. The van der Waals surface area contributed by atoms with E-state index >= 15 is 0 Å². The topological polar surface area (TPSA) is 80.9 Å². The highest BCUT2D eigenvalue weighted by atomic mass is 16.1. The molecule has 0 aliphatic rings. The Bertz CT molecular complexity index is 686. The highest BCUT2D eigenvalue weighted by molar-refractivity contribution is 6.02. The predicted octanol–water partition coefficient (Wildman–Crippen LogP) is 1.35. The van der Waals surface area contributed by atoms with Crippen molar-refractivity contribution in [2.24, 2.45) is 5.73 Å². The smallest absolute Gasteiger partial charge is 0.275 e. The second kappa shape index (κ2) is 6.45. The molecule has 2 aromatic rings. The molecule has 0 aliphatic heterocycles. The molecule has 5 heteroatoms. The van der Waals surface area contributed by atoms with Gasteiger partial charge in [0.15, 0.2) is 0 Å². The third-order valence-corrected chi connectivity index (χ3v) is 2.43. The van der Waals surface area contributed by atoms with Gasteiger partial charge >= 0.3 is 0 Å². The molecule has 0 unspecified atom stereocenters. The molecule has 20 heavy (non-hydrogen) atoms. The van der Waals surface area contributed by atoms with Gasteiger partial charge in [-0.25, -0.2) is 9.97 Å². The lowest BCUT2D eigenvalue weighted by molar-refractivity contribution is 0.102. The van der Waals surface area contributed by atoms with Crippen LogP contribution in [0.3, 0.4) is 0 Å². The number of aromatic nitrogens is 2. The Kier molecular flexibility index (Phi) is 4.43. The number of carbonyl (C=O) groups excluding carboxylic acids is 1. The lowest BCUT2D eigenvalue weighted by Crippen LogP contribution is -2.15. The van der Waals surface area contributed by atoms with E-state index in [-0.39, 0.29) is 12.5 Å². The number of nitrogens with zero attached hydrogens (tertiary/aromatic N) is 2. The van der Waals surface area contributed by atoms with E-state index in [1.807, 2.05) is 13.0 Å². The van der Waals surface area contributed by atoms with Crippen LogP contribution in [0.25, 0.3) is 0 Å². The monoisotopic (exact) mass is 266 g/mol. The van der Waals surface area contributed by atoms with Crippen molar-refractivity contribution >= 4 is 11.7 Å². The van der Waals surface area contributed by atoms with E-state index in [0.29, 0.717) is 17.2 Å². The molecule has 0 saturated heterocycles. The van der Waals surface area contributed by atoms with E-state index in [1.165, 1.54) is 0 Å². The maximum Gasteiger partial charge on any atom is 0.275 e. The molecule has 0 fully saturated rings. The number of rotatable bonds is 2. The number of aryl methyl sites for hydroxylation is 1. The minimum absolute atomic E-state index is 0.269. The van der Waals surface area contributed by atoms with Crippen LogP contribution in [0.5, 0.6) is 0 Å². The minimum Gasteiger partial charge on any atom is -0.320 e. The third-order valence-electron chi connectivity index (χ3n) is 2.43. The van der Waals surface area contributed by atoms with Gasteiger partial charge in [-0.1, -0.05) is 18.1 Å². The Labute approximate surface area is 117 Å². The summed E-state index contributed by atoms with van der Waals surface area (Å²) in [5, 5.41) is 2.69. The van der Waals surface area contributed by atoms with Crippen LogP contribution in [0.1, 0.15) is 21.9 Å². The molecule has 0 saturated carbocycles. The van der Waals surface area contributed by atoms with Gasteiger partial charge in [0.2, 0.25) is 0 Å². The van der Waals surface area contributed by atoms with Gasteiger partial charge in [-0.3, -0.25) is 4.79 Å². The van der Waals surface area contributed by atoms with E-state index in [4.69, 9.17) is 5.73 Å². The SMILES string of the molecule is Cc1cccc(C(=O)Nc2cccc(C#CCN)n2)n1. The molecule has 1 amide bonds. The van der Waals surface area contributed by atoms with Crippen LogP contribution < -0.4 is 11.1 Å². The number of hydrogen-bond donors (Lipinski definition) is 2. The first-order chi connectivity index (χ1) is 9.69. The fraction of sp³-hybridized carbons (Fsp3) is 0.133. The molecule has 5 nitrogen and oxygen atoms in total. The first-order valence-corrected chi connectivity index (χ1v) is 6.10. The maximum atomic E-state index is 12.0. The standard InChI is InChI=1S/C15H14N4O/c1-11-5-2-8-13(17-11)15(20)19-14-9-3-6-12(18-14)7-4-10-16/h2-3,5-6,8-9H,10,16H2,1H3,(H,18,19,20). The van der Waals surface area contributed by atoms with Gasteiger partial charge in [-0.15, -0.1) is 0 Å². The van der Waals surface area contributed by atoms with Crippen LogP contribution in [0, 0.1) is 18.8 Å². The summed E-state index contributed by atoms with van der Waals surface area (Å²) < 4.78 is 0. The fourth-order valence-electron chi connectivity index (χ4n) is 1.57. The molecule has 2 aromatic heterocycles. The Morgan fingerprint density at radius 3 is 2.80 bits per heavy atom. The van der Waals surface area contributed by atoms with Crippen molar-refractivity contribution in [1.82, 2.24) is 9.97 Å². The van der Waals surface area contributed by atoms with Gasteiger partial charge in [0.25, 0.3) is 5.91 Å². The van der Waals surface area contributed by atoms with Crippen molar-refractivity contribution < 1.29 is 4.79 Å². The molecule has 100 valence electrons. The zero-order chi connectivity index (χ0) is 14.4. The van der Waals surface area contributed by atoms with Gasteiger partial charge in [0.1, 0.15) is 17.2 Å². The Hall–Kier alpha value is -2.71. The number of anilines is 1. The van der Waals surface area contributed by atoms with Gasteiger partial charge < -0.3 is 11.1 Å². The van der Waals surface area contributed by atoms with Crippen LogP contribution in [0.15, 0.2) is 36.4 Å². The van der Waals surface area contributed by atoms with Crippen LogP contribution >= 0.6 is 0 Å². The second-order valence-corrected chi connectivity index (χ2v) is 4.03. The zero-order valence-electron chi connectivity index (χ0n) is 11.1. The molecular weight excluding hydrogens is 252 g/mol. The summed E-state index contributed by atoms with van der Waals surface area (Å²) in [5.41, 5.74) is 7.00. The fourth-order valence-corrected chi connectivity index (χ4v) is 1.57. The summed E-state index contributed by atoms with van der Waals surface area (Å²) >= 11 is 0. The van der Waals surface area contributed by atoms with E-state index in [9.17, 15) is 4.79 Å².